The molecule has 11 heavy (non-hydrogen) atoms. The van der Waals surface area contributed by atoms with E-state index in [9.17, 15) is 0 Å². The zero-order chi connectivity index (χ0) is 8.10. The van der Waals surface area contributed by atoms with E-state index in [1.165, 1.54) is 11.7 Å². The van der Waals surface area contributed by atoms with Gasteiger partial charge in [0.2, 0.25) is 0 Å². The van der Waals surface area contributed by atoms with Gasteiger partial charge in [0, 0.05) is 11.7 Å². The van der Waals surface area contributed by atoms with Gasteiger partial charge in [0.15, 0.2) is 0 Å². The zero-order valence-electron chi connectivity index (χ0n) is 6.58. The number of hydrogen-bond donors (Lipinski definition) is 0. The molecule has 0 spiro atoms. The Hall–Kier alpha value is 0.765. The fraction of sp³-hybridized carbons (Fsp3) is 1.00. The summed E-state index contributed by atoms with van der Waals surface area (Å²) >= 11 is 1.32. The highest BCUT2D eigenvalue weighted by Gasteiger charge is 2.21. The molecule has 0 aromatic carbocycles. The molecule has 0 aromatic rings. The van der Waals surface area contributed by atoms with Gasteiger partial charge in [-0.2, -0.15) is 0 Å². The van der Waals surface area contributed by atoms with Gasteiger partial charge in [-0.15, -0.1) is 0 Å². The van der Waals surface area contributed by atoms with Crippen LogP contribution in [0.25, 0.3) is 0 Å². The molecule has 1 aliphatic rings. The van der Waals surface area contributed by atoms with Crippen molar-refractivity contribution in [3.05, 3.63) is 0 Å². The maximum absolute atomic E-state index is 5.53. The lowest BCUT2D eigenvalue weighted by atomic mass is 10.2. The SMILES string of the molecule is [B]PSOCC1CCC(C)O1. The topological polar surface area (TPSA) is 18.5 Å². The van der Waals surface area contributed by atoms with E-state index in [0.29, 0.717) is 26.5 Å². The van der Waals surface area contributed by atoms with E-state index in [1.807, 2.05) is 0 Å². The lowest BCUT2D eigenvalue weighted by Gasteiger charge is -2.09. The summed E-state index contributed by atoms with van der Waals surface area (Å²) in [6, 6.07) is 0. The Morgan fingerprint density at radius 2 is 2.55 bits per heavy atom. The monoisotopic (exact) mass is 190 g/mol. The zero-order valence-corrected chi connectivity index (χ0v) is 8.39. The maximum Gasteiger partial charge on any atom is 0.122 e. The summed E-state index contributed by atoms with van der Waals surface area (Å²) in [5, 5.41) is 0. The van der Waals surface area contributed by atoms with Crippen molar-refractivity contribution >= 4 is 26.9 Å². The molecule has 1 fully saturated rings. The molecule has 3 atom stereocenters. The molecule has 1 rings (SSSR count). The Morgan fingerprint density at radius 1 is 1.73 bits per heavy atom. The normalized spacial score (nSPS) is 32.1. The van der Waals surface area contributed by atoms with Crippen LogP contribution in [0.5, 0.6) is 0 Å². The van der Waals surface area contributed by atoms with Gasteiger partial charge in [-0.25, -0.2) is 0 Å². The second-order valence-corrected chi connectivity index (χ2v) is 4.48. The molecule has 1 heterocycles. The summed E-state index contributed by atoms with van der Waals surface area (Å²) < 4.78 is 10.7. The predicted molar refractivity (Wildman–Crippen MR) is 51.2 cm³/mol. The van der Waals surface area contributed by atoms with Gasteiger partial charge in [-0.1, -0.05) is 7.66 Å². The highest BCUT2D eigenvalue weighted by molar-refractivity contribution is 8.53. The van der Waals surface area contributed by atoms with Crippen LogP contribution in [0.3, 0.4) is 0 Å². The molecule has 0 aromatic heterocycles. The van der Waals surface area contributed by atoms with Gasteiger partial charge in [-0.3, -0.25) is 0 Å². The maximum atomic E-state index is 5.53. The van der Waals surface area contributed by atoms with E-state index in [0.717, 1.165) is 12.8 Å². The summed E-state index contributed by atoms with van der Waals surface area (Å²) in [6.45, 7) is 2.77. The van der Waals surface area contributed by atoms with Gasteiger partial charge in [0.1, 0.15) is 7.57 Å². The van der Waals surface area contributed by atoms with Crippen molar-refractivity contribution in [2.24, 2.45) is 0 Å². The van der Waals surface area contributed by atoms with Gasteiger partial charge in [0.05, 0.1) is 18.8 Å². The quantitative estimate of drug-likeness (QED) is 0.292. The Bertz CT molecular complexity index is 117. The Labute approximate surface area is 74.9 Å². The highest BCUT2D eigenvalue weighted by atomic mass is 32.7. The fourth-order valence-electron chi connectivity index (χ4n) is 1.15. The predicted octanol–water partition coefficient (Wildman–Crippen LogP) is 1.90. The van der Waals surface area contributed by atoms with E-state index in [-0.39, 0.29) is 0 Å². The number of hydrogen-bond acceptors (Lipinski definition) is 3. The van der Waals surface area contributed by atoms with E-state index in [2.05, 4.69) is 6.92 Å². The molecule has 2 radical (unpaired) electrons. The van der Waals surface area contributed by atoms with E-state index in [4.69, 9.17) is 16.5 Å². The minimum Gasteiger partial charge on any atom is -0.373 e. The lowest BCUT2D eigenvalue weighted by Crippen LogP contribution is -2.13. The summed E-state index contributed by atoms with van der Waals surface area (Å²) in [5.74, 6) is 0. The third-order valence-corrected chi connectivity index (χ3v) is 2.67. The lowest BCUT2D eigenvalue weighted by molar-refractivity contribution is 0.0316. The molecule has 1 aliphatic heterocycles. The first-order valence-corrected chi connectivity index (χ1v) is 6.27. The van der Waals surface area contributed by atoms with Crippen LogP contribution in [0, 0.1) is 0 Å². The highest BCUT2D eigenvalue weighted by Crippen LogP contribution is 2.27. The van der Waals surface area contributed by atoms with Crippen molar-refractivity contribution < 1.29 is 8.92 Å². The molecule has 0 saturated carbocycles. The standard InChI is InChI=1S/C6H12BO2PS/c1-5-2-3-6(9-5)4-8-11-10-7/h5-6,10H,2-4H2,1H3. The molecular weight excluding hydrogens is 178 g/mol. The molecule has 5 heteroatoms. The first kappa shape index (κ1) is 9.85. The smallest absolute Gasteiger partial charge is 0.122 e. The van der Waals surface area contributed by atoms with Crippen LogP contribution < -0.4 is 0 Å². The fourth-order valence-corrected chi connectivity index (χ4v) is 1.85. The van der Waals surface area contributed by atoms with E-state index in [1.54, 1.807) is 0 Å². The summed E-state index contributed by atoms with van der Waals surface area (Å²) in [4.78, 5) is 0. The van der Waals surface area contributed by atoms with Crippen LogP contribution in [0.15, 0.2) is 0 Å². The Morgan fingerprint density at radius 3 is 3.09 bits per heavy atom. The van der Waals surface area contributed by atoms with E-state index < -0.39 is 0 Å². The van der Waals surface area contributed by atoms with Crippen LogP contribution in [0.2, 0.25) is 0 Å². The molecule has 62 valence electrons. The summed E-state index contributed by atoms with van der Waals surface area (Å²) in [5.41, 5.74) is 0. The third kappa shape index (κ3) is 3.79. The second-order valence-electron chi connectivity index (χ2n) is 2.63. The van der Waals surface area contributed by atoms with Crippen molar-refractivity contribution in [2.75, 3.05) is 6.61 Å². The van der Waals surface area contributed by atoms with Crippen LogP contribution in [0.1, 0.15) is 19.8 Å². The molecular formula is C6H12BO2PS. The van der Waals surface area contributed by atoms with Gasteiger partial charge in [-0.05, 0) is 19.8 Å². The molecule has 0 N–H and O–H groups in total. The van der Waals surface area contributed by atoms with Crippen molar-refractivity contribution in [1.29, 1.82) is 0 Å². The second kappa shape index (κ2) is 5.42. The van der Waals surface area contributed by atoms with Crippen molar-refractivity contribution in [1.82, 2.24) is 0 Å². The minimum absolute atomic E-state index is 0.300. The number of rotatable bonds is 4. The average Bonchev–Trinajstić information content (AvgIpc) is 2.37. The Balaban J connectivity index is 1.99. The van der Waals surface area contributed by atoms with Crippen LogP contribution in [-0.4, -0.2) is 26.4 Å². The molecule has 2 nitrogen and oxygen atoms in total. The van der Waals surface area contributed by atoms with Gasteiger partial charge in [0.25, 0.3) is 0 Å². The van der Waals surface area contributed by atoms with E-state index >= 15 is 0 Å². The van der Waals surface area contributed by atoms with Crippen molar-refractivity contribution in [2.45, 2.75) is 32.0 Å². The largest absolute Gasteiger partial charge is 0.373 e. The molecule has 0 amide bonds. The number of ether oxygens (including phenoxy) is 1. The van der Waals surface area contributed by atoms with Crippen molar-refractivity contribution in [3.8, 4) is 0 Å². The minimum atomic E-state index is 0.300. The summed E-state index contributed by atoms with van der Waals surface area (Å²) in [7, 11) is 5.58. The van der Waals surface area contributed by atoms with Crippen LogP contribution in [-0.2, 0) is 8.92 Å². The molecule has 1 saturated heterocycles. The molecule has 0 bridgehead atoms. The first-order chi connectivity index (χ1) is 5.33. The molecule has 0 aliphatic carbocycles. The summed E-state index contributed by atoms with van der Waals surface area (Å²) in [6.07, 6.45) is 2.99. The van der Waals surface area contributed by atoms with Gasteiger partial charge < -0.3 is 8.92 Å². The molecule has 3 unspecified atom stereocenters. The van der Waals surface area contributed by atoms with Crippen LogP contribution >= 0.6 is 19.3 Å². The first-order valence-electron chi connectivity index (χ1n) is 3.72. The van der Waals surface area contributed by atoms with Crippen LogP contribution in [0.4, 0.5) is 0 Å². The van der Waals surface area contributed by atoms with Crippen molar-refractivity contribution in [3.63, 3.8) is 0 Å². The average molecular weight is 190 g/mol. The van der Waals surface area contributed by atoms with Gasteiger partial charge >= 0.3 is 0 Å². The third-order valence-electron chi connectivity index (χ3n) is 1.68. The Kier molecular flexibility index (Phi) is 4.85.